The van der Waals surface area contributed by atoms with Crippen molar-refractivity contribution in [2.75, 3.05) is 6.54 Å². The monoisotopic (exact) mass is 190 g/mol. The summed E-state index contributed by atoms with van der Waals surface area (Å²) < 4.78 is 24.8. The van der Waals surface area contributed by atoms with E-state index in [2.05, 4.69) is 5.43 Å². The van der Waals surface area contributed by atoms with Crippen molar-refractivity contribution in [3.63, 3.8) is 0 Å². The van der Waals surface area contributed by atoms with E-state index in [1.165, 1.54) is 0 Å². The first kappa shape index (κ1) is 9.02. The number of nitrogens with one attached hydrogen (secondary N) is 1. The molecule has 1 saturated heterocycles. The number of carbonyl (C=O) groups is 1. The number of hydrogen-bond donors (Lipinski definition) is 1. The Morgan fingerprint density at radius 1 is 1.38 bits per heavy atom. The molecule has 0 spiro atoms. The third-order valence-corrected chi connectivity index (χ3v) is 2.63. The number of alkyl halides is 2. The molecule has 1 aliphatic heterocycles. The first-order valence-corrected chi connectivity index (χ1v) is 4.51. The third kappa shape index (κ3) is 1.86. The fourth-order valence-corrected chi connectivity index (χ4v) is 1.86. The zero-order valence-electron chi connectivity index (χ0n) is 7.22. The van der Waals surface area contributed by atoms with Gasteiger partial charge in [0.15, 0.2) is 0 Å². The lowest BCUT2D eigenvalue weighted by atomic mass is 9.93. The van der Waals surface area contributed by atoms with Gasteiger partial charge in [-0.05, 0) is 12.8 Å². The number of rotatable bonds is 1. The number of Topliss-reactive ketones (excluding diaryl/α,β-unsaturated/α-hetero) is 1. The molecule has 0 aromatic carbocycles. The summed E-state index contributed by atoms with van der Waals surface area (Å²) in [6, 6.07) is -2.60. The number of hydrogen-bond acceptors (Lipinski definition) is 3. The van der Waals surface area contributed by atoms with Gasteiger partial charge < -0.3 is 0 Å². The van der Waals surface area contributed by atoms with Gasteiger partial charge >= 0.3 is 6.05 Å². The van der Waals surface area contributed by atoms with E-state index in [0.29, 0.717) is 25.7 Å². The van der Waals surface area contributed by atoms with Crippen LogP contribution in [0.4, 0.5) is 8.78 Å². The van der Waals surface area contributed by atoms with Crippen molar-refractivity contribution in [1.82, 2.24) is 10.4 Å². The SMILES string of the molecule is O=C1CCC(N2CC(F)(F)N2)CC1. The lowest BCUT2D eigenvalue weighted by Crippen LogP contribution is -2.70. The highest BCUT2D eigenvalue weighted by Gasteiger charge is 2.46. The van der Waals surface area contributed by atoms with Gasteiger partial charge in [0.25, 0.3) is 0 Å². The van der Waals surface area contributed by atoms with Crippen LogP contribution in [-0.4, -0.2) is 29.4 Å². The summed E-state index contributed by atoms with van der Waals surface area (Å²) in [5, 5.41) is 1.55. The molecule has 3 nitrogen and oxygen atoms in total. The average Bonchev–Trinajstić information content (AvgIpc) is 2.01. The Bertz CT molecular complexity index is 214. The Hall–Kier alpha value is -0.550. The highest BCUT2D eigenvalue weighted by atomic mass is 19.3. The number of halogens is 2. The Morgan fingerprint density at radius 3 is 2.38 bits per heavy atom. The molecule has 1 aliphatic carbocycles. The summed E-state index contributed by atoms with van der Waals surface area (Å²) in [6.45, 7) is -0.216. The molecule has 5 heteroatoms. The van der Waals surface area contributed by atoms with E-state index in [0.717, 1.165) is 0 Å². The molecule has 0 bridgehead atoms. The molecule has 0 radical (unpaired) electrons. The molecule has 74 valence electrons. The van der Waals surface area contributed by atoms with Crippen LogP contribution in [0, 0.1) is 0 Å². The summed E-state index contributed by atoms with van der Waals surface area (Å²) >= 11 is 0. The maximum atomic E-state index is 12.4. The van der Waals surface area contributed by atoms with Gasteiger partial charge in [-0.3, -0.25) is 4.79 Å². The Balaban J connectivity index is 1.81. The summed E-state index contributed by atoms with van der Waals surface area (Å²) in [5.41, 5.74) is 2.09. The van der Waals surface area contributed by atoms with Gasteiger partial charge in [-0.25, -0.2) is 5.01 Å². The van der Waals surface area contributed by atoms with Crippen molar-refractivity contribution in [3.8, 4) is 0 Å². The van der Waals surface area contributed by atoms with Crippen LogP contribution >= 0.6 is 0 Å². The van der Waals surface area contributed by atoms with Gasteiger partial charge in [0.1, 0.15) is 5.78 Å². The minimum atomic E-state index is -2.72. The van der Waals surface area contributed by atoms with Crippen LogP contribution in [0.2, 0.25) is 0 Å². The maximum absolute atomic E-state index is 12.4. The minimum Gasteiger partial charge on any atom is -0.300 e. The third-order valence-electron chi connectivity index (χ3n) is 2.63. The molecule has 0 unspecified atom stereocenters. The largest absolute Gasteiger partial charge is 0.328 e. The van der Waals surface area contributed by atoms with E-state index in [1.54, 1.807) is 5.01 Å². The van der Waals surface area contributed by atoms with E-state index in [-0.39, 0.29) is 18.4 Å². The first-order valence-electron chi connectivity index (χ1n) is 4.51. The Morgan fingerprint density at radius 2 is 1.92 bits per heavy atom. The summed E-state index contributed by atoms with van der Waals surface area (Å²) in [5.74, 6) is 0.253. The second-order valence-corrected chi connectivity index (χ2v) is 3.71. The fraction of sp³-hybridized carbons (Fsp3) is 0.875. The molecular formula is C8H12F2N2O. The molecule has 0 aromatic rings. The van der Waals surface area contributed by atoms with E-state index < -0.39 is 6.05 Å². The van der Waals surface area contributed by atoms with Crippen LogP contribution in [-0.2, 0) is 4.79 Å². The smallest absolute Gasteiger partial charge is 0.300 e. The van der Waals surface area contributed by atoms with Crippen molar-refractivity contribution in [3.05, 3.63) is 0 Å². The van der Waals surface area contributed by atoms with E-state index in [1.807, 2.05) is 0 Å². The summed E-state index contributed by atoms with van der Waals surface area (Å²) in [6.07, 6.45) is 2.49. The molecule has 0 atom stereocenters. The van der Waals surface area contributed by atoms with Crippen LogP contribution in [0.1, 0.15) is 25.7 Å². The topological polar surface area (TPSA) is 32.3 Å². The standard InChI is InChI=1S/C8H12F2N2O/c9-8(10)5-12(11-8)6-1-3-7(13)4-2-6/h6,11H,1-5H2. The predicted octanol–water partition coefficient (Wildman–Crippen LogP) is 0.911. The predicted molar refractivity (Wildman–Crippen MR) is 42.1 cm³/mol. The molecule has 0 amide bonds. The number of hydrazine groups is 1. The Labute approximate surface area is 75.1 Å². The molecule has 13 heavy (non-hydrogen) atoms. The zero-order valence-corrected chi connectivity index (χ0v) is 7.22. The van der Waals surface area contributed by atoms with Crippen molar-refractivity contribution in [2.45, 2.75) is 37.8 Å². The van der Waals surface area contributed by atoms with Crippen molar-refractivity contribution in [2.24, 2.45) is 0 Å². The fourth-order valence-electron chi connectivity index (χ4n) is 1.86. The van der Waals surface area contributed by atoms with Crippen LogP contribution in [0.3, 0.4) is 0 Å². The maximum Gasteiger partial charge on any atom is 0.328 e. The molecule has 1 heterocycles. The molecule has 1 N–H and O–H groups in total. The molecule has 0 aromatic heterocycles. The molecule has 2 fully saturated rings. The second kappa shape index (κ2) is 2.99. The van der Waals surface area contributed by atoms with Crippen molar-refractivity contribution < 1.29 is 13.6 Å². The van der Waals surface area contributed by atoms with E-state index >= 15 is 0 Å². The molecule has 2 rings (SSSR count). The van der Waals surface area contributed by atoms with Crippen molar-refractivity contribution >= 4 is 5.78 Å². The van der Waals surface area contributed by atoms with Gasteiger partial charge in [0, 0.05) is 18.9 Å². The van der Waals surface area contributed by atoms with Crippen LogP contribution in [0.15, 0.2) is 0 Å². The normalized spacial score (nSPS) is 30.2. The summed E-state index contributed by atoms with van der Waals surface area (Å²) in [4.78, 5) is 10.9. The van der Waals surface area contributed by atoms with Crippen LogP contribution in [0.25, 0.3) is 0 Å². The van der Waals surface area contributed by atoms with E-state index in [9.17, 15) is 13.6 Å². The number of nitrogens with zero attached hydrogens (tertiary/aromatic N) is 1. The number of carbonyl (C=O) groups excluding carboxylic acids is 1. The highest BCUT2D eigenvalue weighted by Crippen LogP contribution is 2.28. The summed E-state index contributed by atoms with van der Waals surface area (Å²) in [7, 11) is 0. The van der Waals surface area contributed by atoms with Crippen LogP contribution < -0.4 is 5.43 Å². The van der Waals surface area contributed by atoms with Gasteiger partial charge in [-0.15, -0.1) is 0 Å². The van der Waals surface area contributed by atoms with E-state index in [4.69, 9.17) is 0 Å². The average molecular weight is 190 g/mol. The second-order valence-electron chi connectivity index (χ2n) is 3.71. The van der Waals surface area contributed by atoms with Gasteiger partial charge in [-0.2, -0.15) is 14.2 Å². The molecular weight excluding hydrogens is 178 g/mol. The van der Waals surface area contributed by atoms with Crippen LogP contribution in [0.5, 0.6) is 0 Å². The lowest BCUT2D eigenvalue weighted by Gasteiger charge is -2.45. The van der Waals surface area contributed by atoms with Crippen molar-refractivity contribution in [1.29, 1.82) is 0 Å². The van der Waals surface area contributed by atoms with Gasteiger partial charge in [0.05, 0.1) is 6.54 Å². The highest BCUT2D eigenvalue weighted by molar-refractivity contribution is 5.79. The first-order chi connectivity index (χ1) is 6.07. The minimum absolute atomic E-state index is 0.123. The molecule has 2 aliphatic rings. The lowest BCUT2D eigenvalue weighted by molar-refractivity contribution is -0.219. The van der Waals surface area contributed by atoms with Gasteiger partial charge in [0.2, 0.25) is 0 Å². The zero-order chi connectivity index (χ0) is 9.47. The Kier molecular flexibility index (Phi) is 2.08. The number of ketones is 1. The molecule has 1 saturated carbocycles. The quantitative estimate of drug-likeness (QED) is 0.624. The van der Waals surface area contributed by atoms with Gasteiger partial charge in [-0.1, -0.05) is 0 Å².